The Bertz CT molecular complexity index is 479. The van der Waals surface area contributed by atoms with E-state index in [4.69, 9.17) is 0 Å². The fraction of sp³-hybridized carbons (Fsp3) is 0.600. The van der Waals surface area contributed by atoms with E-state index in [0.717, 1.165) is 12.1 Å². The Morgan fingerprint density at radius 1 is 0.762 bits per heavy atom. The number of alkyl halides is 6. The fourth-order valence-corrected chi connectivity index (χ4v) is 2.25. The molecular formula is C15H18F6. The molecule has 0 aliphatic rings. The van der Waals surface area contributed by atoms with Gasteiger partial charge < -0.3 is 0 Å². The number of hydrogen-bond donors (Lipinski definition) is 0. The molecule has 0 saturated carbocycles. The maximum Gasteiger partial charge on any atom is 0.416 e. The van der Waals surface area contributed by atoms with Crippen molar-refractivity contribution in [1.29, 1.82) is 0 Å². The Morgan fingerprint density at radius 3 is 1.29 bits per heavy atom. The van der Waals surface area contributed by atoms with Crippen molar-refractivity contribution in [3.8, 4) is 0 Å². The van der Waals surface area contributed by atoms with Crippen LogP contribution in [0.3, 0.4) is 0 Å². The van der Waals surface area contributed by atoms with Gasteiger partial charge in [0, 0.05) is 0 Å². The first-order valence-electron chi connectivity index (χ1n) is 6.48. The van der Waals surface area contributed by atoms with Gasteiger partial charge in [-0.15, -0.1) is 0 Å². The van der Waals surface area contributed by atoms with Gasteiger partial charge in [-0.2, -0.15) is 26.3 Å². The molecule has 0 saturated heterocycles. The van der Waals surface area contributed by atoms with E-state index in [2.05, 4.69) is 0 Å². The highest BCUT2D eigenvalue weighted by atomic mass is 19.4. The van der Waals surface area contributed by atoms with Gasteiger partial charge in [0.05, 0.1) is 11.1 Å². The van der Waals surface area contributed by atoms with Crippen molar-refractivity contribution in [2.75, 3.05) is 0 Å². The lowest BCUT2D eigenvalue weighted by atomic mass is 9.78. The molecule has 1 rings (SSSR count). The van der Waals surface area contributed by atoms with Crippen LogP contribution in [0.15, 0.2) is 12.1 Å². The third kappa shape index (κ3) is 3.92. The fourth-order valence-electron chi connectivity index (χ4n) is 2.25. The number of benzene rings is 1. The summed E-state index contributed by atoms with van der Waals surface area (Å²) in [4.78, 5) is 0. The average molecular weight is 312 g/mol. The van der Waals surface area contributed by atoms with Gasteiger partial charge in [-0.1, -0.05) is 34.6 Å². The average Bonchev–Trinajstić information content (AvgIpc) is 2.23. The molecule has 0 nitrogen and oxygen atoms in total. The van der Waals surface area contributed by atoms with Crippen molar-refractivity contribution >= 4 is 0 Å². The van der Waals surface area contributed by atoms with E-state index < -0.39 is 40.4 Å². The normalized spacial score (nSPS) is 13.9. The molecule has 21 heavy (non-hydrogen) atoms. The van der Waals surface area contributed by atoms with Gasteiger partial charge in [0.2, 0.25) is 0 Å². The first kappa shape index (κ1) is 17.9. The summed E-state index contributed by atoms with van der Waals surface area (Å²) in [6.45, 7) is 7.17. The largest absolute Gasteiger partial charge is 0.416 e. The minimum absolute atomic E-state index is 0.0302. The van der Waals surface area contributed by atoms with E-state index in [1.54, 1.807) is 13.8 Å². The van der Waals surface area contributed by atoms with Gasteiger partial charge in [-0.25, -0.2) is 0 Å². The molecule has 0 fully saturated rings. The summed E-state index contributed by atoms with van der Waals surface area (Å²) >= 11 is 0. The Balaban J connectivity index is 3.88. The molecule has 0 N–H and O–H groups in total. The molecule has 0 bridgehead atoms. The topological polar surface area (TPSA) is 0 Å². The monoisotopic (exact) mass is 312 g/mol. The predicted octanol–water partition coefficient (Wildman–Crippen LogP) is 6.15. The van der Waals surface area contributed by atoms with Gasteiger partial charge in [-0.05, 0) is 34.6 Å². The summed E-state index contributed by atoms with van der Waals surface area (Å²) in [5, 5.41) is 0. The molecule has 0 unspecified atom stereocenters. The Labute approximate surface area is 120 Å². The molecule has 0 amide bonds. The molecule has 120 valence electrons. The first-order chi connectivity index (χ1) is 9.15. The van der Waals surface area contributed by atoms with E-state index in [9.17, 15) is 26.3 Å². The third-order valence-electron chi connectivity index (χ3n) is 3.19. The first-order valence-corrected chi connectivity index (χ1v) is 6.48. The minimum atomic E-state index is -4.83. The highest BCUT2D eigenvalue weighted by Crippen LogP contribution is 2.45. The van der Waals surface area contributed by atoms with Crippen LogP contribution >= 0.6 is 0 Å². The van der Waals surface area contributed by atoms with Crippen LogP contribution in [0.25, 0.3) is 0 Å². The summed E-state index contributed by atoms with van der Waals surface area (Å²) in [6.07, 6.45) is -9.65. The highest BCUT2D eigenvalue weighted by Gasteiger charge is 2.44. The summed E-state index contributed by atoms with van der Waals surface area (Å²) in [6, 6.07) is 1.67. The van der Waals surface area contributed by atoms with Crippen molar-refractivity contribution in [1.82, 2.24) is 0 Å². The van der Waals surface area contributed by atoms with Crippen molar-refractivity contribution in [3.05, 3.63) is 34.4 Å². The second kappa shape index (κ2) is 5.21. The van der Waals surface area contributed by atoms with Crippen molar-refractivity contribution in [2.45, 2.75) is 58.3 Å². The van der Waals surface area contributed by atoms with Crippen LogP contribution in [0.2, 0.25) is 0 Å². The van der Waals surface area contributed by atoms with Gasteiger partial charge in [0.1, 0.15) is 0 Å². The van der Waals surface area contributed by atoms with Crippen LogP contribution < -0.4 is 0 Å². The van der Waals surface area contributed by atoms with Crippen LogP contribution in [0, 0.1) is 0 Å². The molecule has 0 aliphatic carbocycles. The van der Waals surface area contributed by atoms with Gasteiger partial charge in [0.25, 0.3) is 0 Å². The molecule has 0 heterocycles. The lowest BCUT2D eigenvalue weighted by Gasteiger charge is -2.29. The number of hydrogen-bond acceptors (Lipinski definition) is 0. The summed E-state index contributed by atoms with van der Waals surface area (Å²) < 4.78 is 79.3. The standard InChI is InChI=1S/C15H18F6/c1-8(2)9-6-10(14(16,17)18)12(13(3,4)5)11(7-9)15(19,20)21/h6-8H,1-5H3. The van der Waals surface area contributed by atoms with E-state index in [-0.39, 0.29) is 5.56 Å². The molecular weight excluding hydrogens is 294 g/mol. The molecule has 0 aromatic heterocycles. The quantitative estimate of drug-likeness (QED) is 0.546. The Hall–Kier alpha value is -1.20. The summed E-state index contributed by atoms with van der Waals surface area (Å²) in [5.74, 6) is -0.429. The smallest absolute Gasteiger partial charge is 0.166 e. The zero-order valence-corrected chi connectivity index (χ0v) is 12.5. The van der Waals surface area contributed by atoms with Crippen molar-refractivity contribution in [3.63, 3.8) is 0 Å². The summed E-state index contributed by atoms with van der Waals surface area (Å²) in [5.41, 5.74) is -4.35. The Kier molecular flexibility index (Phi) is 4.43. The van der Waals surface area contributed by atoms with Crippen LogP contribution in [0.1, 0.15) is 62.8 Å². The maximum absolute atomic E-state index is 13.2. The molecule has 0 radical (unpaired) electrons. The highest BCUT2D eigenvalue weighted by molar-refractivity contribution is 5.47. The van der Waals surface area contributed by atoms with Gasteiger partial charge >= 0.3 is 12.4 Å². The lowest BCUT2D eigenvalue weighted by Crippen LogP contribution is -2.26. The van der Waals surface area contributed by atoms with Crippen molar-refractivity contribution in [2.24, 2.45) is 0 Å². The van der Waals surface area contributed by atoms with E-state index in [0.29, 0.717) is 0 Å². The molecule has 1 aromatic rings. The second-order valence-electron chi connectivity index (χ2n) is 6.39. The van der Waals surface area contributed by atoms with Crippen LogP contribution in [0.5, 0.6) is 0 Å². The maximum atomic E-state index is 13.2. The Morgan fingerprint density at radius 2 is 1.10 bits per heavy atom. The lowest BCUT2D eigenvalue weighted by molar-refractivity contribution is -0.145. The zero-order chi connectivity index (χ0) is 16.8. The number of halogens is 6. The van der Waals surface area contributed by atoms with Crippen LogP contribution in [-0.2, 0) is 17.8 Å². The summed E-state index contributed by atoms with van der Waals surface area (Å²) in [7, 11) is 0. The van der Waals surface area contributed by atoms with Crippen molar-refractivity contribution < 1.29 is 26.3 Å². The van der Waals surface area contributed by atoms with E-state index in [1.165, 1.54) is 20.8 Å². The molecule has 1 aromatic carbocycles. The molecule has 0 atom stereocenters. The molecule has 0 spiro atoms. The number of rotatable bonds is 1. The zero-order valence-electron chi connectivity index (χ0n) is 12.5. The van der Waals surface area contributed by atoms with Crippen LogP contribution in [0.4, 0.5) is 26.3 Å². The van der Waals surface area contributed by atoms with E-state index >= 15 is 0 Å². The molecule has 0 aliphatic heterocycles. The van der Waals surface area contributed by atoms with E-state index in [1.807, 2.05) is 0 Å². The second-order valence-corrected chi connectivity index (χ2v) is 6.39. The predicted molar refractivity (Wildman–Crippen MR) is 69.2 cm³/mol. The molecule has 6 heteroatoms. The van der Waals surface area contributed by atoms with Gasteiger partial charge in [-0.3, -0.25) is 0 Å². The SMILES string of the molecule is CC(C)c1cc(C(F)(F)F)c(C(C)(C)C)c(C(F)(F)F)c1. The minimum Gasteiger partial charge on any atom is -0.166 e. The van der Waals surface area contributed by atoms with Gasteiger partial charge in [0.15, 0.2) is 0 Å². The van der Waals surface area contributed by atoms with Crippen LogP contribution in [-0.4, -0.2) is 0 Å². The third-order valence-corrected chi connectivity index (χ3v) is 3.19.